The highest BCUT2D eigenvalue weighted by Crippen LogP contribution is 2.31. The van der Waals surface area contributed by atoms with Crippen molar-refractivity contribution < 1.29 is 17.9 Å². The smallest absolute Gasteiger partial charge is 0.228 e. The van der Waals surface area contributed by atoms with Gasteiger partial charge >= 0.3 is 0 Å². The number of ether oxygens (including phenoxy) is 1. The number of aromatic nitrogens is 1. The number of hydrogen-bond donors (Lipinski definition) is 0. The Morgan fingerprint density at radius 3 is 2.60 bits per heavy atom. The molecule has 0 atom stereocenters. The van der Waals surface area contributed by atoms with Gasteiger partial charge in [0.1, 0.15) is 0 Å². The predicted octanol–water partition coefficient (Wildman–Crippen LogP) is 4.17. The Labute approximate surface area is 211 Å². The number of thiazole rings is 1. The van der Waals surface area contributed by atoms with Gasteiger partial charge in [-0.3, -0.25) is 14.6 Å². The molecule has 1 saturated heterocycles. The number of para-hydroxylation sites is 1. The van der Waals surface area contributed by atoms with E-state index in [0.717, 1.165) is 55.9 Å². The highest BCUT2D eigenvalue weighted by molar-refractivity contribution is 7.91. The lowest BCUT2D eigenvalue weighted by Crippen LogP contribution is -2.39. The molecule has 7 nitrogen and oxygen atoms in total. The summed E-state index contributed by atoms with van der Waals surface area (Å²) in [7, 11) is -3.41. The van der Waals surface area contributed by atoms with Gasteiger partial charge in [0, 0.05) is 32.6 Å². The lowest BCUT2D eigenvalue weighted by Gasteiger charge is -2.27. The van der Waals surface area contributed by atoms with Crippen molar-refractivity contribution in [2.45, 2.75) is 37.5 Å². The molecule has 1 aliphatic rings. The second-order valence-corrected chi connectivity index (χ2v) is 11.8. The van der Waals surface area contributed by atoms with Crippen LogP contribution in [0.15, 0.2) is 53.4 Å². The summed E-state index contributed by atoms with van der Waals surface area (Å²) in [4.78, 5) is 22.6. The molecule has 3 aromatic rings. The van der Waals surface area contributed by atoms with Gasteiger partial charge in [-0.2, -0.15) is 0 Å². The number of hydrogen-bond acceptors (Lipinski definition) is 7. The van der Waals surface area contributed by atoms with Crippen molar-refractivity contribution in [1.29, 1.82) is 0 Å². The number of amides is 1. The van der Waals surface area contributed by atoms with E-state index in [1.54, 1.807) is 35.2 Å². The second kappa shape index (κ2) is 12.1. The topological polar surface area (TPSA) is 79.8 Å². The molecule has 0 N–H and O–H groups in total. The highest BCUT2D eigenvalue weighted by Gasteiger charge is 2.22. The zero-order valence-electron chi connectivity index (χ0n) is 20.2. The van der Waals surface area contributed by atoms with Crippen molar-refractivity contribution >= 4 is 42.4 Å². The van der Waals surface area contributed by atoms with Crippen LogP contribution in [0.3, 0.4) is 0 Å². The number of benzene rings is 2. The van der Waals surface area contributed by atoms with Crippen molar-refractivity contribution in [3.8, 4) is 0 Å². The van der Waals surface area contributed by atoms with Gasteiger partial charge in [0.05, 0.1) is 34.1 Å². The van der Waals surface area contributed by atoms with E-state index in [0.29, 0.717) is 16.6 Å². The van der Waals surface area contributed by atoms with Gasteiger partial charge in [0.15, 0.2) is 15.0 Å². The van der Waals surface area contributed by atoms with Gasteiger partial charge in [-0.05, 0) is 43.0 Å². The van der Waals surface area contributed by atoms with Crippen LogP contribution in [0.2, 0.25) is 0 Å². The highest BCUT2D eigenvalue weighted by atomic mass is 32.2. The number of fused-ring (bicyclic) bond motifs is 1. The van der Waals surface area contributed by atoms with E-state index in [9.17, 15) is 13.2 Å². The summed E-state index contributed by atoms with van der Waals surface area (Å²) in [6.07, 6.45) is 2.15. The number of morpholine rings is 1. The molecule has 35 heavy (non-hydrogen) atoms. The molecule has 1 aliphatic heterocycles. The van der Waals surface area contributed by atoms with Gasteiger partial charge in [-0.15, -0.1) is 0 Å². The first-order chi connectivity index (χ1) is 17.0. The third kappa shape index (κ3) is 6.67. The molecule has 9 heteroatoms. The summed E-state index contributed by atoms with van der Waals surface area (Å²) in [6.45, 7) is 6.86. The minimum absolute atomic E-state index is 0.0514. The lowest BCUT2D eigenvalue weighted by atomic mass is 10.1. The quantitative estimate of drug-likeness (QED) is 0.381. The van der Waals surface area contributed by atoms with Gasteiger partial charge in [0.2, 0.25) is 5.91 Å². The first kappa shape index (κ1) is 25.8. The maximum Gasteiger partial charge on any atom is 0.228 e. The molecule has 2 heterocycles. The third-order valence-corrected chi connectivity index (χ3v) is 9.13. The number of sulfone groups is 1. The van der Waals surface area contributed by atoms with Gasteiger partial charge < -0.3 is 4.74 Å². The van der Waals surface area contributed by atoms with Crippen LogP contribution in [-0.4, -0.2) is 69.4 Å². The van der Waals surface area contributed by atoms with Crippen LogP contribution >= 0.6 is 11.3 Å². The van der Waals surface area contributed by atoms with Gasteiger partial charge in [0.25, 0.3) is 0 Å². The molecule has 1 aromatic heterocycles. The molecule has 1 amide bonds. The molecule has 0 aliphatic carbocycles. The normalized spacial score (nSPS) is 14.9. The third-order valence-electron chi connectivity index (χ3n) is 6.27. The zero-order chi connectivity index (χ0) is 24.7. The van der Waals surface area contributed by atoms with Gasteiger partial charge in [-0.1, -0.05) is 48.6 Å². The van der Waals surface area contributed by atoms with Crippen LogP contribution in [0.25, 0.3) is 10.2 Å². The monoisotopic (exact) mass is 515 g/mol. The Morgan fingerprint density at radius 2 is 1.86 bits per heavy atom. The minimum Gasteiger partial charge on any atom is -0.379 e. The van der Waals surface area contributed by atoms with E-state index in [1.165, 1.54) is 16.9 Å². The summed E-state index contributed by atoms with van der Waals surface area (Å²) in [5.74, 6) is -0.128. The van der Waals surface area contributed by atoms with Crippen LogP contribution in [0.4, 0.5) is 5.13 Å². The Bertz CT molecular complexity index is 1220. The van der Waals surface area contributed by atoms with Crippen LogP contribution in [0.5, 0.6) is 0 Å². The molecule has 2 aromatic carbocycles. The van der Waals surface area contributed by atoms with Crippen LogP contribution in [0, 0.1) is 0 Å². The summed E-state index contributed by atoms with van der Waals surface area (Å²) in [6, 6.07) is 14.6. The van der Waals surface area contributed by atoms with Crippen LogP contribution < -0.4 is 4.90 Å². The Kier molecular flexibility index (Phi) is 8.89. The first-order valence-electron chi connectivity index (χ1n) is 12.2. The van der Waals surface area contributed by atoms with Crippen molar-refractivity contribution in [2.75, 3.05) is 50.0 Å². The standard InChI is InChI=1S/C26H33N3O4S2/c1-2-21-9-6-12-23-25(21)27-26(34-23)29(15-8-14-28-16-18-33-19-17-28)24(30)13-7-20-35(31,32)22-10-4-3-5-11-22/h3-6,9-12H,2,7-8,13-20H2,1H3. The number of rotatable bonds is 11. The fraction of sp³-hybridized carbons (Fsp3) is 0.462. The molecule has 188 valence electrons. The average Bonchev–Trinajstić information content (AvgIpc) is 3.31. The van der Waals surface area contributed by atoms with Crippen molar-refractivity contribution in [3.05, 3.63) is 54.1 Å². The van der Waals surface area contributed by atoms with E-state index >= 15 is 0 Å². The van der Waals surface area contributed by atoms with E-state index in [2.05, 4.69) is 17.9 Å². The molecule has 0 bridgehead atoms. The minimum atomic E-state index is -3.41. The Balaban J connectivity index is 1.45. The maximum atomic E-state index is 13.3. The number of nitrogens with zero attached hydrogens (tertiary/aromatic N) is 3. The average molecular weight is 516 g/mol. The van der Waals surface area contributed by atoms with E-state index in [1.807, 2.05) is 12.1 Å². The molecule has 4 rings (SSSR count). The SMILES string of the molecule is CCc1cccc2sc(N(CCCN3CCOCC3)C(=O)CCCS(=O)(=O)c3ccccc3)nc12. The molecule has 0 saturated carbocycles. The van der Waals surface area contributed by atoms with Crippen LogP contribution in [0.1, 0.15) is 31.7 Å². The van der Waals surface area contributed by atoms with E-state index < -0.39 is 9.84 Å². The molecule has 0 unspecified atom stereocenters. The van der Waals surface area contributed by atoms with Gasteiger partial charge in [-0.25, -0.2) is 13.4 Å². The zero-order valence-corrected chi connectivity index (χ0v) is 21.8. The molecule has 0 radical (unpaired) electrons. The summed E-state index contributed by atoms with van der Waals surface area (Å²) in [5, 5.41) is 0.693. The lowest BCUT2D eigenvalue weighted by molar-refractivity contribution is -0.118. The largest absolute Gasteiger partial charge is 0.379 e. The van der Waals surface area contributed by atoms with Crippen molar-refractivity contribution in [1.82, 2.24) is 9.88 Å². The fourth-order valence-corrected chi connectivity index (χ4v) is 6.68. The van der Waals surface area contributed by atoms with Crippen LogP contribution in [-0.2, 0) is 25.8 Å². The summed E-state index contributed by atoms with van der Waals surface area (Å²) in [5.41, 5.74) is 2.12. The summed E-state index contributed by atoms with van der Waals surface area (Å²) >= 11 is 1.53. The molecular weight excluding hydrogens is 482 g/mol. The first-order valence-corrected chi connectivity index (χ1v) is 14.7. The molecular formula is C26H33N3O4S2. The number of aryl methyl sites for hydroxylation is 1. The fourth-order valence-electron chi connectivity index (χ4n) is 4.29. The maximum absolute atomic E-state index is 13.3. The number of carbonyl (C=O) groups is 1. The Morgan fingerprint density at radius 1 is 1.09 bits per heavy atom. The van der Waals surface area contributed by atoms with E-state index in [-0.39, 0.29) is 24.5 Å². The van der Waals surface area contributed by atoms with Crippen molar-refractivity contribution in [3.63, 3.8) is 0 Å². The predicted molar refractivity (Wildman–Crippen MR) is 141 cm³/mol. The molecule has 0 spiro atoms. The summed E-state index contributed by atoms with van der Waals surface area (Å²) < 4.78 is 31.8. The Hall–Kier alpha value is -2.33. The number of carbonyl (C=O) groups excluding carboxylic acids is 1. The number of anilines is 1. The molecule has 1 fully saturated rings. The second-order valence-electron chi connectivity index (χ2n) is 8.70. The van der Waals surface area contributed by atoms with E-state index in [4.69, 9.17) is 9.72 Å². The van der Waals surface area contributed by atoms with Crippen molar-refractivity contribution in [2.24, 2.45) is 0 Å².